The van der Waals surface area contributed by atoms with E-state index in [9.17, 15) is 5.21 Å². The summed E-state index contributed by atoms with van der Waals surface area (Å²) in [4.78, 5) is 4.38. The highest BCUT2D eigenvalue weighted by atomic mass is 16.5. The van der Waals surface area contributed by atoms with Crippen molar-refractivity contribution in [3.05, 3.63) is 35.8 Å². The van der Waals surface area contributed by atoms with Crippen LogP contribution >= 0.6 is 0 Å². The third-order valence-electron chi connectivity index (χ3n) is 1.42. The molecule has 0 N–H and O–H groups in total. The monoisotopic (exact) mass is 147 g/mol. The summed E-state index contributed by atoms with van der Waals surface area (Å²) in [6.45, 7) is 0. The normalized spacial score (nSPS) is 10.2. The quantitative estimate of drug-likeness (QED) is 0.397. The number of aromatic nitrogens is 3. The molecule has 2 rings (SSSR count). The summed E-state index contributed by atoms with van der Waals surface area (Å²) in [6, 6.07) is 5.34. The van der Waals surface area contributed by atoms with Crippen molar-refractivity contribution < 1.29 is 4.85 Å². The average Bonchev–Trinajstić information content (AvgIpc) is 2.06. The van der Waals surface area contributed by atoms with Gasteiger partial charge in [-0.25, -0.2) is 0 Å². The third-order valence-corrected chi connectivity index (χ3v) is 1.42. The number of fused-ring (bicyclic) bond motifs is 1. The predicted octanol–water partition coefficient (Wildman–Crippen LogP) is 0.263. The van der Waals surface area contributed by atoms with Gasteiger partial charge in [-0.15, -0.1) is 4.85 Å². The van der Waals surface area contributed by atoms with E-state index in [2.05, 4.69) is 10.1 Å². The highest BCUT2D eigenvalue weighted by Crippen LogP contribution is 2.01. The standard InChI is InChI=1S/C7H5N3O/c11-10-7-6(3-5-9-10)2-1-4-8-7/h1-5H. The van der Waals surface area contributed by atoms with E-state index in [1.54, 1.807) is 18.3 Å². The van der Waals surface area contributed by atoms with Crippen molar-refractivity contribution in [2.75, 3.05) is 0 Å². The van der Waals surface area contributed by atoms with Crippen LogP contribution in [0.2, 0.25) is 0 Å². The lowest BCUT2D eigenvalue weighted by molar-refractivity contribution is -0.644. The molecule has 0 amide bonds. The molecule has 4 nitrogen and oxygen atoms in total. The Bertz CT molecular complexity index is 383. The summed E-state index contributed by atoms with van der Waals surface area (Å²) in [5, 5.41) is 15.2. The van der Waals surface area contributed by atoms with Crippen LogP contribution in [0.1, 0.15) is 0 Å². The second kappa shape index (κ2) is 2.16. The molecule has 0 radical (unpaired) electrons. The molecule has 0 saturated heterocycles. The zero-order chi connectivity index (χ0) is 7.68. The Labute approximate surface area is 62.7 Å². The molecule has 0 aliphatic carbocycles. The van der Waals surface area contributed by atoms with Crippen molar-refractivity contribution in [1.29, 1.82) is 0 Å². The first-order chi connectivity index (χ1) is 5.38. The number of nitrogens with zero attached hydrogens (tertiary/aromatic N) is 3. The largest absolute Gasteiger partial charge is 0.690 e. The fraction of sp³-hybridized carbons (Fsp3) is 0. The van der Waals surface area contributed by atoms with Crippen molar-refractivity contribution in [3.63, 3.8) is 0 Å². The van der Waals surface area contributed by atoms with Gasteiger partial charge in [-0.2, -0.15) is 0 Å². The van der Waals surface area contributed by atoms with Crippen molar-refractivity contribution in [3.8, 4) is 0 Å². The highest BCUT2D eigenvalue weighted by Gasteiger charge is 2.01. The Kier molecular flexibility index (Phi) is 1.18. The highest BCUT2D eigenvalue weighted by molar-refractivity contribution is 5.70. The Hall–Kier alpha value is -1.71. The van der Waals surface area contributed by atoms with Gasteiger partial charge in [-0.05, 0) is 23.2 Å². The van der Waals surface area contributed by atoms with Crippen molar-refractivity contribution in [2.45, 2.75) is 0 Å². The minimum absolute atomic E-state index is 0.356. The van der Waals surface area contributed by atoms with Gasteiger partial charge < -0.3 is 5.21 Å². The van der Waals surface area contributed by atoms with Gasteiger partial charge in [-0.3, -0.25) is 0 Å². The predicted molar refractivity (Wildman–Crippen MR) is 38.5 cm³/mol. The third kappa shape index (κ3) is 0.881. The van der Waals surface area contributed by atoms with Crippen LogP contribution in [0.3, 0.4) is 0 Å². The minimum atomic E-state index is 0.356. The molecule has 11 heavy (non-hydrogen) atoms. The van der Waals surface area contributed by atoms with Gasteiger partial charge >= 0.3 is 5.65 Å². The molecule has 54 valence electrons. The zero-order valence-electron chi connectivity index (χ0n) is 5.64. The van der Waals surface area contributed by atoms with Gasteiger partial charge in [0.1, 0.15) is 6.20 Å². The first-order valence-corrected chi connectivity index (χ1v) is 3.17. The molecule has 0 bridgehead atoms. The van der Waals surface area contributed by atoms with Crippen LogP contribution in [0.4, 0.5) is 0 Å². The Morgan fingerprint density at radius 3 is 3.00 bits per heavy atom. The maximum atomic E-state index is 10.9. The number of pyridine rings is 1. The SMILES string of the molecule is [O-][n+]1nccc2cccnc21. The molecule has 4 heteroatoms. The van der Waals surface area contributed by atoms with Crippen LogP contribution in [0.5, 0.6) is 0 Å². The summed E-state index contributed by atoms with van der Waals surface area (Å²) in [6.07, 6.45) is 3.02. The van der Waals surface area contributed by atoms with Crippen LogP contribution < -0.4 is 4.85 Å². The van der Waals surface area contributed by atoms with Gasteiger partial charge in [0.05, 0.1) is 11.6 Å². The maximum absolute atomic E-state index is 10.9. The van der Waals surface area contributed by atoms with Crippen LogP contribution in [0.25, 0.3) is 11.0 Å². The van der Waals surface area contributed by atoms with E-state index in [0.29, 0.717) is 10.5 Å². The van der Waals surface area contributed by atoms with E-state index in [1.165, 1.54) is 6.20 Å². The fourth-order valence-corrected chi connectivity index (χ4v) is 0.928. The number of hydrogen-bond acceptors (Lipinski definition) is 3. The van der Waals surface area contributed by atoms with Crippen LogP contribution in [0.15, 0.2) is 30.6 Å². The molecule has 0 unspecified atom stereocenters. The summed E-state index contributed by atoms with van der Waals surface area (Å²) in [5.41, 5.74) is 0.356. The smallest absolute Gasteiger partial charge is 0.354 e. The van der Waals surface area contributed by atoms with E-state index in [0.717, 1.165) is 5.39 Å². The first kappa shape index (κ1) is 6.03. The fourth-order valence-electron chi connectivity index (χ4n) is 0.928. The lowest BCUT2D eigenvalue weighted by Crippen LogP contribution is -2.31. The van der Waals surface area contributed by atoms with E-state index < -0.39 is 0 Å². The first-order valence-electron chi connectivity index (χ1n) is 3.17. The number of hydrogen-bond donors (Lipinski definition) is 0. The maximum Gasteiger partial charge on any atom is 0.354 e. The molecule has 2 aromatic rings. The lowest BCUT2D eigenvalue weighted by Gasteiger charge is -1.97. The second-order valence-corrected chi connectivity index (χ2v) is 2.12. The summed E-state index contributed by atoms with van der Waals surface area (Å²) in [5.74, 6) is 0. The number of rotatable bonds is 0. The van der Waals surface area contributed by atoms with E-state index in [4.69, 9.17) is 0 Å². The average molecular weight is 147 g/mol. The zero-order valence-corrected chi connectivity index (χ0v) is 5.64. The molecular weight excluding hydrogens is 142 g/mol. The molecule has 0 aliphatic heterocycles. The Morgan fingerprint density at radius 1 is 1.27 bits per heavy atom. The van der Waals surface area contributed by atoms with Crippen LogP contribution in [-0.4, -0.2) is 10.1 Å². The molecule has 0 spiro atoms. The van der Waals surface area contributed by atoms with Crippen LogP contribution in [-0.2, 0) is 0 Å². The van der Waals surface area contributed by atoms with E-state index in [1.807, 2.05) is 6.07 Å². The summed E-state index contributed by atoms with van der Waals surface area (Å²) in [7, 11) is 0. The lowest BCUT2D eigenvalue weighted by atomic mass is 10.3. The second-order valence-electron chi connectivity index (χ2n) is 2.12. The van der Waals surface area contributed by atoms with Gasteiger partial charge in [-0.1, -0.05) is 5.10 Å². The van der Waals surface area contributed by atoms with Gasteiger partial charge in [0.15, 0.2) is 0 Å². The molecule has 0 aromatic carbocycles. The molecular formula is C7H5N3O. The van der Waals surface area contributed by atoms with Crippen molar-refractivity contribution in [2.24, 2.45) is 0 Å². The summed E-state index contributed by atoms with van der Waals surface area (Å²) < 4.78 is 0. The molecule has 2 aromatic heterocycles. The van der Waals surface area contributed by atoms with E-state index >= 15 is 0 Å². The van der Waals surface area contributed by atoms with Crippen LogP contribution in [0, 0.1) is 5.21 Å². The Balaban J connectivity index is 2.91. The Morgan fingerprint density at radius 2 is 2.18 bits per heavy atom. The van der Waals surface area contributed by atoms with Gasteiger partial charge in [0.25, 0.3) is 0 Å². The van der Waals surface area contributed by atoms with Crippen molar-refractivity contribution >= 4 is 11.0 Å². The molecule has 0 fully saturated rings. The summed E-state index contributed by atoms with van der Waals surface area (Å²) >= 11 is 0. The molecule has 0 saturated carbocycles. The molecule has 0 atom stereocenters. The van der Waals surface area contributed by atoms with Gasteiger partial charge in [0.2, 0.25) is 0 Å². The minimum Gasteiger partial charge on any atom is -0.690 e. The topological polar surface area (TPSA) is 52.7 Å². The molecule has 0 aliphatic rings. The molecule has 2 heterocycles. The van der Waals surface area contributed by atoms with Crippen molar-refractivity contribution in [1.82, 2.24) is 10.1 Å². The van der Waals surface area contributed by atoms with E-state index in [-0.39, 0.29) is 0 Å². The van der Waals surface area contributed by atoms with Gasteiger partial charge in [0, 0.05) is 0 Å².